The summed E-state index contributed by atoms with van der Waals surface area (Å²) in [7, 11) is 0. The lowest BCUT2D eigenvalue weighted by Crippen LogP contribution is -2.42. The molecule has 3 amide bonds. The maximum absolute atomic E-state index is 13.7. The largest absolute Gasteiger partial charge is 0.508 e. The number of aromatic amines is 1. The Morgan fingerprint density at radius 3 is 2.51 bits per heavy atom. The molecule has 2 aliphatic carbocycles. The third-order valence-corrected chi connectivity index (χ3v) is 11.9. The molecule has 10 heteroatoms. The summed E-state index contributed by atoms with van der Waals surface area (Å²) in [5, 5.41) is 11.7. The Labute approximate surface area is 222 Å². The van der Waals surface area contributed by atoms with Gasteiger partial charge in [-0.2, -0.15) is 0 Å². The highest BCUT2D eigenvalue weighted by Gasteiger charge is 2.69. The zero-order chi connectivity index (χ0) is 25.4. The van der Waals surface area contributed by atoms with Crippen molar-refractivity contribution in [2.75, 3.05) is 19.6 Å². The van der Waals surface area contributed by atoms with Crippen LogP contribution in [0.2, 0.25) is 0 Å². The topological polar surface area (TPSA) is 111 Å². The number of phenols is 1. The SMILES string of the molecule is O=C(CCN1C(=O)C2C3CC(C2C1=O)C1C(c2ccccc2O)c2sc(=O)[nH]c2SC31)N1CCCCC1. The normalized spacial score (nSPS) is 34.0. The van der Waals surface area contributed by atoms with Crippen molar-refractivity contribution in [3.8, 4) is 5.75 Å². The molecule has 2 saturated heterocycles. The van der Waals surface area contributed by atoms with E-state index >= 15 is 0 Å². The number of fused-ring (bicyclic) bond motifs is 9. The minimum Gasteiger partial charge on any atom is -0.508 e. The molecule has 4 fully saturated rings. The van der Waals surface area contributed by atoms with Crippen LogP contribution in [-0.4, -0.2) is 62.5 Å². The van der Waals surface area contributed by atoms with Gasteiger partial charge in [-0.15, -0.1) is 11.8 Å². The summed E-state index contributed by atoms with van der Waals surface area (Å²) in [5.74, 6) is -0.888. The van der Waals surface area contributed by atoms with E-state index in [1.54, 1.807) is 23.9 Å². The summed E-state index contributed by atoms with van der Waals surface area (Å²) in [4.78, 5) is 59.3. The van der Waals surface area contributed by atoms with Crippen LogP contribution in [0.5, 0.6) is 5.75 Å². The van der Waals surface area contributed by atoms with Crippen molar-refractivity contribution in [2.45, 2.75) is 48.3 Å². The maximum atomic E-state index is 13.7. The van der Waals surface area contributed by atoms with Crippen molar-refractivity contribution in [1.82, 2.24) is 14.8 Å². The van der Waals surface area contributed by atoms with Crippen molar-refractivity contribution >= 4 is 40.8 Å². The van der Waals surface area contributed by atoms with Crippen molar-refractivity contribution in [3.05, 3.63) is 44.4 Å². The van der Waals surface area contributed by atoms with E-state index in [-0.39, 0.29) is 82.1 Å². The standard InChI is InChI=1S/C27H29N3O5S2/c31-16-7-3-2-6-13(16)18-19-14-12-15(22(19)36-24-23(18)37-27(35)28-24)21-20(14)25(33)30(26(21)34)11-8-17(32)29-9-4-1-5-10-29/h2-3,6-7,14-15,18-22,31H,1,4-5,8-12H2,(H,28,35). The lowest BCUT2D eigenvalue weighted by molar-refractivity contribution is -0.141. The van der Waals surface area contributed by atoms with Gasteiger partial charge in [-0.25, -0.2) is 0 Å². The first-order valence-electron chi connectivity index (χ1n) is 13.2. The average Bonchev–Trinajstić information content (AvgIpc) is 3.63. The molecule has 1 aromatic carbocycles. The monoisotopic (exact) mass is 539 g/mol. The molecule has 5 aliphatic rings. The highest BCUT2D eigenvalue weighted by molar-refractivity contribution is 8.00. The van der Waals surface area contributed by atoms with E-state index in [9.17, 15) is 24.3 Å². The number of hydrogen-bond donors (Lipinski definition) is 2. The van der Waals surface area contributed by atoms with Crippen LogP contribution < -0.4 is 4.87 Å². The summed E-state index contributed by atoms with van der Waals surface area (Å²) < 4.78 is 0. The zero-order valence-electron chi connectivity index (χ0n) is 20.3. The number of amides is 3. The molecule has 2 saturated carbocycles. The Kier molecular flexibility index (Phi) is 5.55. The first-order chi connectivity index (χ1) is 17.9. The fourth-order valence-electron chi connectivity index (χ4n) is 7.91. The number of benzene rings is 1. The predicted octanol–water partition coefficient (Wildman–Crippen LogP) is 3.02. The van der Waals surface area contributed by atoms with Crippen molar-refractivity contribution in [3.63, 3.8) is 0 Å². The van der Waals surface area contributed by atoms with Gasteiger partial charge in [-0.3, -0.25) is 24.1 Å². The molecular formula is C27H29N3O5S2. The van der Waals surface area contributed by atoms with E-state index in [0.717, 1.165) is 54.2 Å². The van der Waals surface area contributed by atoms with Gasteiger partial charge in [0.05, 0.1) is 16.9 Å². The Morgan fingerprint density at radius 2 is 1.76 bits per heavy atom. The van der Waals surface area contributed by atoms with Crippen molar-refractivity contribution in [2.24, 2.45) is 29.6 Å². The third-order valence-electron chi connectivity index (χ3n) is 9.35. The fraction of sp³-hybridized carbons (Fsp3) is 0.556. The molecular weight excluding hydrogens is 510 g/mol. The Morgan fingerprint density at radius 1 is 1.03 bits per heavy atom. The first kappa shape index (κ1) is 23.5. The van der Waals surface area contributed by atoms with Gasteiger partial charge in [0.15, 0.2) is 0 Å². The minimum atomic E-state index is -0.380. The molecule has 0 spiro atoms. The second kappa shape index (κ2) is 8.73. The number of rotatable bonds is 4. The smallest absolute Gasteiger partial charge is 0.305 e. The second-order valence-corrected chi connectivity index (χ2v) is 13.2. The highest BCUT2D eigenvalue weighted by Crippen LogP contribution is 2.68. The second-order valence-electron chi connectivity index (χ2n) is 11.0. The van der Waals surface area contributed by atoms with Crippen LogP contribution in [0.15, 0.2) is 34.1 Å². The average molecular weight is 540 g/mol. The number of imide groups is 1. The number of para-hydroxylation sites is 1. The van der Waals surface area contributed by atoms with Crippen LogP contribution in [0.25, 0.3) is 0 Å². The summed E-state index contributed by atoms with van der Waals surface area (Å²) >= 11 is 2.82. The molecule has 37 heavy (non-hydrogen) atoms. The summed E-state index contributed by atoms with van der Waals surface area (Å²) in [6.45, 7) is 1.68. The Bertz CT molecular complexity index is 1350. The van der Waals surface area contributed by atoms with E-state index in [0.29, 0.717) is 0 Å². The number of likely N-dealkylation sites (tertiary alicyclic amines) is 2. The van der Waals surface area contributed by atoms with Gasteiger partial charge in [0.1, 0.15) is 5.75 Å². The van der Waals surface area contributed by atoms with Crippen LogP contribution in [0, 0.1) is 29.6 Å². The van der Waals surface area contributed by atoms with Crippen LogP contribution in [-0.2, 0) is 14.4 Å². The number of thioether (sulfide) groups is 1. The fourth-order valence-corrected chi connectivity index (χ4v) is 10.8. The van der Waals surface area contributed by atoms with Crippen LogP contribution in [0.1, 0.15) is 48.5 Å². The van der Waals surface area contributed by atoms with Crippen molar-refractivity contribution < 1.29 is 19.5 Å². The lowest BCUT2D eigenvalue weighted by Gasteiger charge is -2.43. The molecule has 0 radical (unpaired) electrons. The van der Waals surface area contributed by atoms with Crippen molar-refractivity contribution in [1.29, 1.82) is 0 Å². The molecule has 194 valence electrons. The van der Waals surface area contributed by atoms with E-state index in [2.05, 4.69) is 4.98 Å². The molecule has 7 atom stereocenters. The minimum absolute atomic E-state index is 0.00158. The highest BCUT2D eigenvalue weighted by atomic mass is 32.2. The molecule has 4 heterocycles. The molecule has 7 rings (SSSR count). The summed E-state index contributed by atoms with van der Waals surface area (Å²) in [6, 6.07) is 7.25. The van der Waals surface area contributed by atoms with Gasteiger partial charge in [-0.1, -0.05) is 29.5 Å². The van der Waals surface area contributed by atoms with E-state index < -0.39 is 0 Å². The van der Waals surface area contributed by atoms with E-state index in [1.165, 1.54) is 16.2 Å². The van der Waals surface area contributed by atoms with E-state index in [4.69, 9.17) is 0 Å². The Hall–Kier alpha value is -2.59. The van der Waals surface area contributed by atoms with Gasteiger partial charge >= 0.3 is 4.87 Å². The number of carbonyl (C=O) groups excluding carboxylic acids is 3. The number of phenolic OH excluding ortho intramolecular Hbond substituents is 1. The molecule has 8 nitrogen and oxygen atoms in total. The molecule has 1 aromatic heterocycles. The number of aromatic nitrogens is 1. The lowest BCUT2D eigenvalue weighted by atomic mass is 9.68. The molecule has 2 bridgehead atoms. The number of carbonyl (C=O) groups is 3. The summed E-state index contributed by atoms with van der Waals surface area (Å²) in [5.41, 5.74) is 0.777. The number of nitrogens with one attached hydrogen (secondary N) is 1. The maximum Gasteiger partial charge on any atom is 0.305 e. The number of aromatic hydroxyl groups is 1. The third kappa shape index (κ3) is 3.47. The number of thiazole rings is 1. The van der Waals surface area contributed by atoms with Gasteiger partial charge in [0.2, 0.25) is 17.7 Å². The quantitative estimate of drug-likeness (QED) is 0.578. The van der Waals surface area contributed by atoms with E-state index in [1.807, 2.05) is 17.0 Å². The number of nitrogens with zero attached hydrogens (tertiary/aromatic N) is 2. The van der Waals surface area contributed by atoms with Gasteiger partial charge in [-0.05, 0) is 49.5 Å². The van der Waals surface area contributed by atoms with Gasteiger partial charge in [0, 0.05) is 47.7 Å². The molecule has 2 aromatic rings. The molecule has 7 unspecified atom stereocenters. The number of H-pyrrole nitrogens is 1. The van der Waals surface area contributed by atoms with Gasteiger partial charge < -0.3 is 15.0 Å². The zero-order valence-corrected chi connectivity index (χ0v) is 21.9. The van der Waals surface area contributed by atoms with Crippen LogP contribution in [0.4, 0.5) is 0 Å². The molecule has 3 aliphatic heterocycles. The predicted molar refractivity (Wildman–Crippen MR) is 138 cm³/mol. The Balaban J connectivity index is 1.18. The van der Waals surface area contributed by atoms with Crippen LogP contribution in [0.3, 0.4) is 0 Å². The number of hydrogen-bond acceptors (Lipinski definition) is 7. The molecule has 2 N–H and O–H groups in total. The van der Waals surface area contributed by atoms with Gasteiger partial charge in [0.25, 0.3) is 0 Å². The first-order valence-corrected chi connectivity index (χ1v) is 14.9. The number of piperidine rings is 1. The van der Waals surface area contributed by atoms with Crippen LogP contribution >= 0.6 is 23.1 Å². The summed E-state index contributed by atoms with van der Waals surface area (Å²) in [6.07, 6.45) is 4.15.